The Morgan fingerprint density at radius 3 is 2.30 bits per heavy atom. The molecule has 1 amide bonds. The number of carbonyl (C=O) groups is 1. The molecular formula is C20H22F3NO3. The number of rotatable bonds is 7. The second-order valence-corrected chi connectivity index (χ2v) is 6.38. The zero-order valence-electron chi connectivity index (χ0n) is 15.3. The van der Waals surface area contributed by atoms with Gasteiger partial charge in [-0.2, -0.15) is 13.2 Å². The molecule has 1 N–H and O–H groups in total. The summed E-state index contributed by atoms with van der Waals surface area (Å²) in [7, 11) is 1.57. The smallest absolute Gasteiger partial charge is 0.416 e. The van der Waals surface area contributed by atoms with E-state index in [2.05, 4.69) is 5.32 Å². The van der Waals surface area contributed by atoms with Crippen molar-refractivity contribution in [1.29, 1.82) is 0 Å². The minimum atomic E-state index is -4.46. The summed E-state index contributed by atoms with van der Waals surface area (Å²) in [6.45, 7) is 3.55. The molecule has 0 aromatic heterocycles. The summed E-state index contributed by atoms with van der Waals surface area (Å²) in [5.74, 6) is 0.392. The summed E-state index contributed by atoms with van der Waals surface area (Å²) in [6.07, 6.45) is -4.46. The number of methoxy groups -OCH3 is 1. The maximum absolute atomic E-state index is 12.7. The molecule has 0 spiro atoms. The molecule has 0 aliphatic rings. The molecule has 1 unspecified atom stereocenters. The van der Waals surface area contributed by atoms with Gasteiger partial charge in [-0.05, 0) is 41.8 Å². The molecule has 4 nitrogen and oxygen atoms in total. The molecule has 0 saturated carbocycles. The summed E-state index contributed by atoms with van der Waals surface area (Å²) < 4.78 is 48.5. The van der Waals surface area contributed by atoms with Crippen molar-refractivity contribution in [3.8, 4) is 11.5 Å². The average molecular weight is 381 g/mol. The fraction of sp³-hybridized carbons (Fsp3) is 0.350. The summed E-state index contributed by atoms with van der Waals surface area (Å²) in [4.78, 5) is 12.2. The van der Waals surface area contributed by atoms with Gasteiger partial charge in [0.05, 0.1) is 18.7 Å². The number of alkyl halides is 3. The first-order valence-corrected chi connectivity index (χ1v) is 8.44. The molecule has 0 saturated heterocycles. The van der Waals surface area contributed by atoms with Crippen LogP contribution in [0.1, 0.15) is 31.0 Å². The largest absolute Gasteiger partial charge is 0.497 e. The molecule has 0 fully saturated rings. The van der Waals surface area contributed by atoms with Gasteiger partial charge >= 0.3 is 6.18 Å². The van der Waals surface area contributed by atoms with E-state index in [0.717, 1.165) is 17.7 Å². The van der Waals surface area contributed by atoms with E-state index in [9.17, 15) is 18.0 Å². The van der Waals surface area contributed by atoms with Crippen LogP contribution in [-0.4, -0.2) is 19.6 Å². The number of hydrogen-bond donors (Lipinski definition) is 1. The molecule has 0 aliphatic heterocycles. The molecule has 27 heavy (non-hydrogen) atoms. The Morgan fingerprint density at radius 1 is 1.07 bits per heavy atom. The lowest BCUT2D eigenvalue weighted by molar-refractivity contribution is -0.137. The Bertz CT molecular complexity index is 758. The van der Waals surface area contributed by atoms with Crippen molar-refractivity contribution in [2.45, 2.75) is 26.1 Å². The van der Waals surface area contributed by atoms with E-state index >= 15 is 0 Å². The van der Waals surface area contributed by atoms with Gasteiger partial charge in [-0.25, -0.2) is 0 Å². The minimum absolute atomic E-state index is 0.00878. The van der Waals surface area contributed by atoms with E-state index in [-0.39, 0.29) is 24.3 Å². The number of nitrogens with one attached hydrogen (secondary N) is 1. The van der Waals surface area contributed by atoms with Gasteiger partial charge in [-0.3, -0.25) is 4.79 Å². The minimum Gasteiger partial charge on any atom is -0.497 e. The van der Waals surface area contributed by atoms with Gasteiger partial charge in [0.15, 0.2) is 6.61 Å². The highest BCUT2D eigenvalue weighted by molar-refractivity contribution is 5.78. The Morgan fingerprint density at radius 2 is 1.74 bits per heavy atom. The number of carbonyl (C=O) groups excluding carboxylic acids is 1. The van der Waals surface area contributed by atoms with E-state index < -0.39 is 17.6 Å². The van der Waals surface area contributed by atoms with Crippen LogP contribution in [0.2, 0.25) is 0 Å². The van der Waals surface area contributed by atoms with Crippen LogP contribution in [-0.2, 0) is 11.0 Å². The molecule has 0 heterocycles. The first-order valence-electron chi connectivity index (χ1n) is 8.44. The van der Waals surface area contributed by atoms with E-state index in [1.54, 1.807) is 19.2 Å². The van der Waals surface area contributed by atoms with Gasteiger partial charge < -0.3 is 14.8 Å². The van der Waals surface area contributed by atoms with E-state index in [1.807, 2.05) is 26.0 Å². The highest BCUT2D eigenvalue weighted by Gasteiger charge is 2.30. The van der Waals surface area contributed by atoms with Crippen molar-refractivity contribution < 1.29 is 27.4 Å². The standard InChI is InChI=1S/C20H22F3NO3/c1-13(2)19(14-7-9-16(26-3)10-8-14)24-18(25)12-27-17-6-4-5-15(11-17)20(21,22)23/h4-11,13,19H,12H2,1-3H3,(H,24,25). The Kier molecular flexibility index (Phi) is 6.71. The average Bonchev–Trinajstić information content (AvgIpc) is 2.64. The van der Waals surface area contributed by atoms with Crippen LogP contribution in [0, 0.1) is 5.92 Å². The van der Waals surface area contributed by atoms with Crippen LogP contribution in [0.15, 0.2) is 48.5 Å². The topological polar surface area (TPSA) is 47.6 Å². The van der Waals surface area contributed by atoms with Gasteiger partial charge in [-0.15, -0.1) is 0 Å². The lowest BCUT2D eigenvalue weighted by atomic mass is 9.96. The van der Waals surface area contributed by atoms with Crippen LogP contribution in [0.25, 0.3) is 0 Å². The number of hydrogen-bond acceptors (Lipinski definition) is 3. The lowest BCUT2D eigenvalue weighted by Gasteiger charge is -2.23. The quantitative estimate of drug-likeness (QED) is 0.762. The first-order chi connectivity index (χ1) is 12.7. The van der Waals surface area contributed by atoms with E-state index in [1.165, 1.54) is 12.1 Å². The second-order valence-electron chi connectivity index (χ2n) is 6.38. The SMILES string of the molecule is COc1ccc(C(NC(=O)COc2cccc(C(F)(F)F)c2)C(C)C)cc1. The molecular weight excluding hydrogens is 359 g/mol. The normalized spacial score (nSPS) is 12.6. The zero-order valence-corrected chi connectivity index (χ0v) is 15.3. The maximum Gasteiger partial charge on any atom is 0.416 e. The number of amides is 1. The van der Waals surface area contributed by atoms with Gasteiger partial charge in [0.1, 0.15) is 11.5 Å². The maximum atomic E-state index is 12.7. The number of halogens is 3. The van der Waals surface area contributed by atoms with Gasteiger partial charge in [-0.1, -0.05) is 32.0 Å². The van der Waals surface area contributed by atoms with Crippen molar-refractivity contribution in [3.63, 3.8) is 0 Å². The first kappa shape index (κ1) is 20.6. The predicted octanol–water partition coefficient (Wildman–Crippen LogP) is 4.61. The third-order valence-corrected chi connectivity index (χ3v) is 3.99. The van der Waals surface area contributed by atoms with Crippen LogP contribution >= 0.6 is 0 Å². The van der Waals surface area contributed by atoms with Gasteiger partial charge in [0.25, 0.3) is 5.91 Å². The predicted molar refractivity (Wildman–Crippen MR) is 95.7 cm³/mol. The summed E-state index contributed by atoms with van der Waals surface area (Å²) in [5, 5.41) is 2.86. The summed E-state index contributed by atoms with van der Waals surface area (Å²) in [6, 6.07) is 11.5. The van der Waals surface area contributed by atoms with Crippen LogP contribution in [0.3, 0.4) is 0 Å². The van der Waals surface area contributed by atoms with E-state index in [4.69, 9.17) is 9.47 Å². The van der Waals surface area contributed by atoms with E-state index in [0.29, 0.717) is 5.75 Å². The molecule has 7 heteroatoms. The van der Waals surface area contributed by atoms with Gasteiger partial charge in [0, 0.05) is 0 Å². The number of ether oxygens (including phenoxy) is 2. The van der Waals surface area contributed by atoms with Gasteiger partial charge in [0.2, 0.25) is 0 Å². The van der Waals surface area contributed by atoms with Crippen molar-refractivity contribution in [3.05, 3.63) is 59.7 Å². The van der Waals surface area contributed by atoms with Crippen molar-refractivity contribution in [2.24, 2.45) is 5.92 Å². The molecule has 2 rings (SSSR count). The number of benzene rings is 2. The third-order valence-electron chi connectivity index (χ3n) is 3.99. The summed E-state index contributed by atoms with van der Waals surface area (Å²) >= 11 is 0. The molecule has 1 atom stereocenters. The highest BCUT2D eigenvalue weighted by atomic mass is 19.4. The molecule has 0 radical (unpaired) electrons. The molecule has 2 aromatic carbocycles. The second kappa shape index (κ2) is 8.79. The Hall–Kier alpha value is -2.70. The lowest BCUT2D eigenvalue weighted by Crippen LogP contribution is -2.35. The van der Waals surface area contributed by atoms with Crippen molar-refractivity contribution >= 4 is 5.91 Å². The van der Waals surface area contributed by atoms with Crippen LogP contribution in [0.5, 0.6) is 11.5 Å². The zero-order chi connectivity index (χ0) is 20.0. The van der Waals surface area contributed by atoms with Crippen molar-refractivity contribution in [1.82, 2.24) is 5.32 Å². The molecule has 0 bridgehead atoms. The molecule has 0 aliphatic carbocycles. The summed E-state index contributed by atoms with van der Waals surface area (Å²) in [5.41, 5.74) is 0.0805. The Labute approximate surface area is 156 Å². The Balaban J connectivity index is 2.00. The molecule has 146 valence electrons. The third kappa shape index (κ3) is 5.91. The van der Waals surface area contributed by atoms with Crippen LogP contribution in [0.4, 0.5) is 13.2 Å². The monoisotopic (exact) mass is 381 g/mol. The fourth-order valence-electron chi connectivity index (χ4n) is 2.57. The molecule has 2 aromatic rings. The van der Waals surface area contributed by atoms with Crippen LogP contribution < -0.4 is 14.8 Å². The highest BCUT2D eigenvalue weighted by Crippen LogP contribution is 2.31. The van der Waals surface area contributed by atoms with Crippen molar-refractivity contribution in [2.75, 3.05) is 13.7 Å². The fourth-order valence-corrected chi connectivity index (χ4v) is 2.57.